The summed E-state index contributed by atoms with van der Waals surface area (Å²) in [7, 11) is 0. The number of nitriles is 1. The standard InChI is InChI=1S/C20H20F2N6.U/c1-13(2)27-9-16(10-27)15-6-18(25-17-5-14(8-23)3-4-24-17)26-19(7-15)28-11-20(21,22)12-28;/h3-7,13,16H,1-2,9-12H2,(H,24,25,26);/q-2;+2. The Morgan fingerprint density at radius 2 is 1.93 bits per heavy atom. The Bertz CT molecular complexity index is 915. The topological polar surface area (TPSA) is 68.1 Å². The van der Waals surface area contributed by atoms with Gasteiger partial charge in [-0.05, 0) is 29.8 Å². The molecule has 148 valence electrons. The van der Waals surface area contributed by atoms with Crippen molar-refractivity contribution in [3.63, 3.8) is 0 Å². The molecule has 2 aromatic rings. The quantitative estimate of drug-likeness (QED) is 0.519. The Labute approximate surface area is 192 Å². The zero-order valence-corrected chi connectivity index (χ0v) is 19.9. The molecule has 0 amide bonds. The maximum Gasteiger partial charge on any atom is 2.00 e. The monoisotopic (exact) mass is 620 g/mol. The molecule has 4 heterocycles. The van der Waals surface area contributed by atoms with Crippen LogP contribution in [0.1, 0.15) is 17.0 Å². The second-order valence-electron chi connectivity index (χ2n) is 7.33. The van der Waals surface area contributed by atoms with Crippen LogP contribution in [0, 0.1) is 56.3 Å². The average molecular weight is 620 g/mol. The average Bonchev–Trinajstić information content (AvgIpc) is 2.58. The van der Waals surface area contributed by atoms with E-state index in [1.54, 1.807) is 17.0 Å². The van der Waals surface area contributed by atoms with Crippen LogP contribution in [0.25, 0.3) is 0 Å². The summed E-state index contributed by atoms with van der Waals surface area (Å²) < 4.78 is 26.7. The molecule has 4 rings (SSSR count). The van der Waals surface area contributed by atoms with Crippen molar-refractivity contribution in [3.8, 4) is 6.07 Å². The molecule has 0 aromatic carbocycles. The number of hydrogen-bond donors (Lipinski definition) is 1. The van der Waals surface area contributed by atoms with Crippen molar-refractivity contribution in [2.75, 3.05) is 36.4 Å². The number of nitrogens with one attached hydrogen (secondary N) is 1. The van der Waals surface area contributed by atoms with Crippen LogP contribution < -0.4 is 10.2 Å². The third kappa shape index (κ3) is 4.88. The molecule has 29 heavy (non-hydrogen) atoms. The molecule has 2 aromatic heterocycles. The van der Waals surface area contributed by atoms with E-state index in [-0.39, 0.29) is 56.2 Å². The van der Waals surface area contributed by atoms with Gasteiger partial charge < -0.3 is 29.0 Å². The summed E-state index contributed by atoms with van der Waals surface area (Å²) in [4.78, 5) is 12.4. The van der Waals surface area contributed by atoms with E-state index in [2.05, 4.69) is 40.1 Å². The summed E-state index contributed by atoms with van der Waals surface area (Å²) in [6.45, 7) is 8.83. The van der Waals surface area contributed by atoms with Gasteiger partial charge in [0.1, 0.15) is 17.5 Å². The minimum atomic E-state index is -2.67. The van der Waals surface area contributed by atoms with Crippen molar-refractivity contribution in [1.82, 2.24) is 14.9 Å². The molecule has 0 atom stereocenters. The predicted octanol–water partition coefficient (Wildman–Crippen LogP) is 2.98. The van der Waals surface area contributed by atoms with Crippen LogP contribution in [0.3, 0.4) is 0 Å². The molecule has 6 nitrogen and oxygen atoms in total. The van der Waals surface area contributed by atoms with Crippen LogP contribution in [0.15, 0.2) is 30.5 Å². The minimum absolute atomic E-state index is 0. The minimum Gasteiger partial charge on any atom is -0.357 e. The number of rotatable bonds is 5. The normalized spacial score (nSPS) is 18.4. The SMILES string of the molecule is [CH2-]C([CH2-])N1CC(c2cc(Nc3cc(C#N)ccn3)nc(N3CC(F)(F)C3)c2)C1.[U+2]. The molecule has 0 saturated carbocycles. The first-order valence-electron chi connectivity index (χ1n) is 9.01. The van der Waals surface area contributed by atoms with E-state index >= 15 is 0 Å². The summed E-state index contributed by atoms with van der Waals surface area (Å²) in [6.07, 6.45) is 1.54. The number of nitrogens with zero attached hydrogens (tertiary/aromatic N) is 5. The van der Waals surface area contributed by atoms with Crippen LogP contribution in [0.5, 0.6) is 0 Å². The Kier molecular flexibility index (Phi) is 6.48. The Balaban J connectivity index is 0.00000240. The van der Waals surface area contributed by atoms with Crippen LogP contribution in [-0.4, -0.2) is 53.0 Å². The molecule has 2 aliphatic heterocycles. The Morgan fingerprint density at radius 3 is 2.55 bits per heavy atom. The zero-order valence-electron chi connectivity index (χ0n) is 15.8. The molecule has 9 heteroatoms. The van der Waals surface area contributed by atoms with Gasteiger partial charge in [0, 0.05) is 25.2 Å². The summed E-state index contributed by atoms with van der Waals surface area (Å²) in [5.41, 5.74) is 1.50. The van der Waals surface area contributed by atoms with Crippen molar-refractivity contribution in [3.05, 3.63) is 55.4 Å². The van der Waals surface area contributed by atoms with Gasteiger partial charge in [0.05, 0.1) is 24.7 Å². The Morgan fingerprint density at radius 1 is 1.21 bits per heavy atom. The first-order valence-corrected chi connectivity index (χ1v) is 9.01. The van der Waals surface area contributed by atoms with E-state index in [0.29, 0.717) is 23.0 Å². The van der Waals surface area contributed by atoms with E-state index in [0.717, 1.165) is 18.7 Å². The number of pyridine rings is 2. The molecule has 0 unspecified atom stereocenters. The van der Waals surface area contributed by atoms with Gasteiger partial charge in [0.15, 0.2) is 0 Å². The molecule has 0 spiro atoms. The number of anilines is 3. The molecule has 1 N–H and O–H groups in total. The van der Waals surface area contributed by atoms with Crippen molar-refractivity contribution >= 4 is 17.5 Å². The van der Waals surface area contributed by atoms with Crippen molar-refractivity contribution < 1.29 is 39.9 Å². The molecule has 0 radical (unpaired) electrons. The fraction of sp³-hybridized carbons (Fsp3) is 0.350. The van der Waals surface area contributed by atoms with E-state index in [1.165, 1.54) is 6.20 Å². The zero-order chi connectivity index (χ0) is 19.9. The van der Waals surface area contributed by atoms with Gasteiger partial charge in [0.25, 0.3) is 5.92 Å². The fourth-order valence-corrected chi connectivity index (χ4v) is 3.39. The summed E-state index contributed by atoms with van der Waals surface area (Å²) >= 11 is 0. The van der Waals surface area contributed by atoms with Gasteiger partial charge in [-0.1, -0.05) is 0 Å². The number of hydrogen-bond acceptors (Lipinski definition) is 6. The molecule has 0 aliphatic carbocycles. The number of aromatic nitrogens is 2. The number of halogens is 2. The summed E-state index contributed by atoms with van der Waals surface area (Å²) in [5.74, 6) is -0.884. The maximum atomic E-state index is 13.3. The largest absolute Gasteiger partial charge is 2.00 e. The van der Waals surface area contributed by atoms with Crippen molar-refractivity contribution in [2.24, 2.45) is 0 Å². The van der Waals surface area contributed by atoms with Gasteiger partial charge in [-0.25, -0.2) is 24.8 Å². The second kappa shape index (κ2) is 8.55. The van der Waals surface area contributed by atoms with Crippen molar-refractivity contribution in [2.45, 2.75) is 17.9 Å². The van der Waals surface area contributed by atoms with E-state index in [1.807, 2.05) is 12.1 Å². The van der Waals surface area contributed by atoms with Gasteiger partial charge in [-0.3, -0.25) is 0 Å². The van der Waals surface area contributed by atoms with Crippen LogP contribution >= 0.6 is 0 Å². The van der Waals surface area contributed by atoms with Crippen molar-refractivity contribution in [1.29, 1.82) is 5.26 Å². The second-order valence-corrected chi connectivity index (χ2v) is 7.33. The maximum absolute atomic E-state index is 13.3. The summed E-state index contributed by atoms with van der Waals surface area (Å²) in [5, 5.41) is 12.1. The Hall–Kier alpha value is -1.74. The first kappa shape index (κ1) is 22.0. The van der Waals surface area contributed by atoms with Gasteiger partial charge in [-0.15, -0.1) is 0 Å². The van der Waals surface area contributed by atoms with Crippen LogP contribution in [0.4, 0.5) is 26.2 Å². The molecular formula is C20H20F2N6U. The molecule has 2 fully saturated rings. The smallest absolute Gasteiger partial charge is 0.357 e. The van der Waals surface area contributed by atoms with Gasteiger partial charge in [0.2, 0.25) is 0 Å². The molecule has 2 aliphatic rings. The molecule has 2 saturated heterocycles. The van der Waals surface area contributed by atoms with E-state index < -0.39 is 5.92 Å². The van der Waals surface area contributed by atoms with Crippen LogP contribution in [0.2, 0.25) is 0 Å². The molecule has 0 bridgehead atoms. The van der Waals surface area contributed by atoms with Gasteiger partial charge in [-0.2, -0.15) is 5.26 Å². The molecular weight excluding hydrogens is 600 g/mol. The third-order valence-electron chi connectivity index (χ3n) is 5.05. The number of alkyl halides is 2. The predicted molar refractivity (Wildman–Crippen MR) is 102 cm³/mol. The third-order valence-corrected chi connectivity index (χ3v) is 5.05. The van der Waals surface area contributed by atoms with Crippen LogP contribution in [-0.2, 0) is 0 Å². The van der Waals surface area contributed by atoms with E-state index in [4.69, 9.17) is 5.26 Å². The number of likely N-dealkylation sites (tertiary alicyclic amines) is 1. The van der Waals surface area contributed by atoms with Gasteiger partial charge >= 0.3 is 31.1 Å². The summed E-state index contributed by atoms with van der Waals surface area (Å²) in [6, 6.07) is 9.07. The fourth-order valence-electron chi connectivity index (χ4n) is 3.39. The first-order chi connectivity index (χ1) is 13.3. The van der Waals surface area contributed by atoms with E-state index in [9.17, 15) is 8.78 Å².